The van der Waals surface area contributed by atoms with E-state index in [2.05, 4.69) is 133 Å². The van der Waals surface area contributed by atoms with E-state index in [4.69, 9.17) is 0 Å². The molecule has 0 spiro atoms. The van der Waals surface area contributed by atoms with Crippen LogP contribution >= 0.6 is 0 Å². The minimum Gasteiger partial charge on any atom is -0.265 e. The van der Waals surface area contributed by atoms with Crippen LogP contribution in [0.3, 0.4) is 0 Å². The summed E-state index contributed by atoms with van der Waals surface area (Å²) in [7, 11) is 0. The van der Waals surface area contributed by atoms with E-state index in [0.29, 0.717) is 0 Å². The number of pyridine rings is 2. The number of hydrogen-bond acceptors (Lipinski definition) is 2. The predicted octanol–water partition coefficient (Wildman–Crippen LogP) is 10.1. The summed E-state index contributed by atoms with van der Waals surface area (Å²) in [5.74, 6) is 0. The lowest BCUT2D eigenvalue weighted by molar-refractivity contribution is 1.27. The third kappa shape index (κ3) is 4.06. The molecule has 0 N–H and O–H groups in total. The Morgan fingerprint density at radius 1 is 0.400 bits per heavy atom. The molecule has 2 heteroatoms. The van der Waals surface area contributed by atoms with Crippen molar-refractivity contribution < 1.29 is 0 Å². The van der Waals surface area contributed by atoms with Crippen LogP contribution in [0.15, 0.2) is 134 Å². The fourth-order valence-electron chi connectivity index (χ4n) is 6.01. The Balaban J connectivity index is 1.45. The van der Waals surface area contributed by atoms with Gasteiger partial charge in [0.05, 0.1) is 0 Å². The summed E-state index contributed by atoms with van der Waals surface area (Å²) in [5, 5.41) is 5.07. The molecule has 0 aliphatic carbocycles. The molecular formula is C38H28N2. The SMILES string of the molecule is Cc1cnccc1-c1ccc(-c2c3ccccc3c(-c3ccc(-c4ccncc4)cc3C)c3ccccc23)cc1. The zero-order valence-electron chi connectivity index (χ0n) is 22.6. The van der Waals surface area contributed by atoms with Crippen LogP contribution in [0.4, 0.5) is 0 Å². The largest absolute Gasteiger partial charge is 0.265 e. The van der Waals surface area contributed by atoms with Gasteiger partial charge in [0.25, 0.3) is 0 Å². The quantitative estimate of drug-likeness (QED) is 0.219. The Labute approximate surface area is 234 Å². The summed E-state index contributed by atoms with van der Waals surface area (Å²) in [6, 6.07) is 39.7. The normalized spacial score (nSPS) is 11.2. The van der Waals surface area contributed by atoms with Crippen LogP contribution in [-0.4, -0.2) is 9.97 Å². The number of aryl methyl sites for hydroxylation is 2. The van der Waals surface area contributed by atoms with Crippen molar-refractivity contribution in [3.63, 3.8) is 0 Å². The van der Waals surface area contributed by atoms with Gasteiger partial charge in [0.1, 0.15) is 0 Å². The molecule has 2 aromatic heterocycles. The highest BCUT2D eigenvalue weighted by Crippen LogP contribution is 2.45. The summed E-state index contributed by atoms with van der Waals surface area (Å²) >= 11 is 0. The van der Waals surface area contributed by atoms with Crippen LogP contribution in [0, 0.1) is 13.8 Å². The van der Waals surface area contributed by atoms with Crippen LogP contribution in [0.5, 0.6) is 0 Å². The minimum atomic E-state index is 1.18. The van der Waals surface area contributed by atoms with E-state index in [1.54, 1.807) is 0 Å². The number of hydrogen-bond donors (Lipinski definition) is 0. The van der Waals surface area contributed by atoms with Gasteiger partial charge >= 0.3 is 0 Å². The van der Waals surface area contributed by atoms with Crippen molar-refractivity contribution in [2.45, 2.75) is 13.8 Å². The summed E-state index contributed by atoms with van der Waals surface area (Å²) in [5.41, 5.74) is 12.3. The first kappa shape index (κ1) is 24.0. The second kappa shape index (κ2) is 9.91. The van der Waals surface area contributed by atoms with Crippen molar-refractivity contribution in [2.75, 3.05) is 0 Å². The molecule has 0 aliphatic heterocycles. The first-order chi connectivity index (χ1) is 19.7. The van der Waals surface area contributed by atoms with E-state index in [-0.39, 0.29) is 0 Å². The molecule has 0 saturated heterocycles. The van der Waals surface area contributed by atoms with Gasteiger partial charge in [-0.3, -0.25) is 9.97 Å². The Hall–Kier alpha value is -5.08. The van der Waals surface area contributed by atoms with Gasteiger partial charge in [0.15, 0.2) is 0 Å². The van der Waals surface area contributed by atoms with Gasteiger partial charge in [-0.1, -0.05) is 91.0 Å². The molecular weight excluding hydrogens is 484 g/mol. The number of aromatic nitrogens is 2. The van der Waals surface area contributed by atoms with E-state index in [1.807, 2.05) is 24.8 Å². The Morgan fingerprint density at radius 3 is 1.55 bits per heavy atom. The lowest BCUT2D eigenvalue weighted by atomic mass is 9.84. The molecule has 5 aromatic carbocycles. The Kier molecular flexibility index (Phi) is 5.94. The molecule has 2 heterocycles. The molecule has 0 amide bonds. The third-order valence-corrected chi connectivity index (χ3v) is 7.95. The number of nitrogens with zero attached hydrogens (tertiary/aromatic N) is 2. The summed E-state index contributed by atoms with van der Waals surface area (Å²) < 4.78 is 0. The molecule has 0 aliphatic rings. The molecule has 0 atom stereocenters. The topological polar surface area (TPSA) is 25.8 Å². The molecule has 2 nitrogen and oxygen atoms in total. The maximum Gasteiger partial charge on any atom is 0.0303 e. The average molecular weight is 513 g/mol. The second-order valence-corrected chi connectivity index (χ2v) is 10.4. The van der Waals surface area contributed by atoms with Crippen molar-refractivity contribution in [2.24, 2.45) is 0 Å². The molecule has 0 bridgehead atoms. The highest BCUT2D eigenvalue weighted by molar-refractivity contribution is 6.21. The fourth-order valence-corrected chi connectivity index (χ4v) is 6.01. The van der Waals surface area contributed by atoms with Crippen molar-refractivity contribution in [3.05, 3.63) is 145 Å². The smallest absolute Gasteiger partial charge is 0.0303 e. The minimum absolute atomic E-state index is 1.18. The highest BCUT2D eigenvalue weighted by atomic mass is 14.6. The van der Waals surface area contributed by atoms with Gasteiger partial charge in [-0.15, -0.1) is 0 Å². The number of fused-ring (bicyclic) bond motifs is 2. The van der Waals surface area contributed by atoms with Gasteiger partial charge in [-0.2, -0.15) is 0 Å². The maximum absolute atomic E-state index is 4.26. The number of benzene rings is 5. The van der Waals surface area contributed by atoms with Crippen molar-refractivity contribution >= 4 is 21.5 Å². The van der Waals surface area contributed by atoms with Crippen molar-refractivity contribution in [1.29, 1.82) is 0 Å². The van der Waals surface area contributed by atoms with Gasteiger partial charge in [-0.25, -0.2) is 0 Å². The highest BCUT2D eigenvalue weighted by Gasteiger charge is 2.18. The monoisotopic (exact) mass is 512 g/mol. The van der Waals surface area contributed by atoms with Crippen LogP contribution in [0.2, 0.25) is 0 Å². The molecule has 0 fully saturated rings. The second-order valence-electron chi connectivity index (χ2n) is 10.4. The Morgan fingerprint density at radius 2 is 0.950 bits per heavy atom. The molecule has 7 aromatic rings. The molecule has 190 valence electrons. The van der Waals surface area contributed by atoms with E-state index in [9.17, 15) is 0 Å². The third-order valence-electron chi connectivity index (χ3n) is 7.95. The Bertz CT molecular complexity index is 1950. The summed E-state index contributed by atoms with van der Waals surface area (Å²) in [4.78, 5) is 8.44. The number of rotatable bonds is 4. The average Bonchev–Trinajstić information content (AvgIpc) is 3.01. The molecule has 7 rings (SSSR count). The first-order valence-corrected chi connectivity index (χ1v) is 13.7. The molecule has 0 unspecified atom stereocenters. The van der Waals surface area contributed by atoms with E-state index in [1.165, 1.54) is 77.2 Å². The van der Waals surface area contributed by atoms with Crippen LogP contribution < -0.4 is 0 Å². The van der Waals surface area contributed by atoms with E-state index < -0.39 is 0 Å². The van der Waals surface area contributed by atoms with Gasteiger partial charge in [-0.05, 0) is 109 Å². The van der Waals surface area contributed by atoms with Crippen molar-refractivity contribution in [3.8, 4) is 44.5 Å². The van der Waals surface area contributed by atoms with E-state index >= 15 is 0 Å². The molecule has 0 radical (unpaired) electrons. The first-order valence-electron chi connectivity index (χ1n) is 13.7. The van der Waals surface area contributed by atoms with E-state index in [0.717, 1.165) is 0 Å². The fraction of sp³-hybridized carbons (Fsp3) is 0.0526. The van der Waals surface area contributed by atoms with Crippen LogP contribution in [-0.2, 0) is 0 Å². The maximum atomic E-state index is 4.26. The lowest BCUT2D eigenvalue weighted by Gasteiger charge is -2.19. The van der Waals surface area contributed by atoms with Gasteiger partial charge in [0.2, 0.25) is 0 Å². The standard InChI is InChI=1S/C38H28N2/c1-25-23-30(27-17-20-39-21-18-27)15-16-32(25)38-35-9-5-3-7-33(35)37(34-8-4-6-10-36(34)38)29-13-11-28(12-14-29)31-19-22-40-24-26(31)2/h3-24H,1-2H3. The predicted molar refractivity (Wildman–Crippen MR) is 168 cm³/mol. The van der Waals surface area contributed by atoms with Crippen molar-refractivity contribution in [1.82, 2.24) is 9.97 Å². The zero-order valence-corrected chi connectivity index (χ0v) is 22.6. The van der Waals surface area contributed by atoms with Gasteiger partial charge < -0.3 is 0 Å². The van der Waals surface area contributed by atoms with Crippen LogP contribution in [0.25, 0.3) is 66.1 Å². The molecule has 0 saturated carbocycles. The van der Waals surface area contributed by atoms with Crippen LogP contribution in [0.1, 0.15) is 11.1 Å². The summed E-state index contributed by atoms with van der Waals surface area (Å²) in [6.45, 7) is 4.33. The molecule has 40 heavy (non-hydrogen) atoms. The summed E-state index contributed by atoms with van der Waals surface area (Å²) in [6.07, 6.45) is 7.49. The zero-order chi connectivity index (χ0) is 27.1. The van der Waals surface area contributed by atoms with Gasteiger partial charge in [0, 0.05) is 24.8 Å². The lowest BCUT2D eigenvalue weighted by Crippen LogP contribution is -1.93.